The van der Waals surface area contributed by atoms with E-state index < -0.39 is 29.7 Å². The van der Waals surface area contributed by atoms with Gasteiger partial charge in [-0.3, -0.25) is 4.90 Å². The number of halogens is 4. The van der Waals surface area contributed by atoms with Crippen molar-refractivity contribution in [3.8, 4) is 11.5 Å². The Morgan fingerprint density at radius 3 is 2.10 bits per heavy atom. The second-order valence-corrected chi connectivity index (χ2v) is 9.76. The van der Waals surface area contributed by atoms with Crippen molar-refractivity contribution in [3.05, 3.63) is 59.1 Å². The summed E-state index contributed by atoms with van der Waals surface area (Å²) in [4.78, 5) is 1.73. The molecule has 0 amide bonds. The van der Waals surface area contributed by atoms with E-state index in [9.17, 15) is 22.7 Å². The number of ether oxygens (including phenoxy) is 1. The summed E-state index contributed by atoms with van der Waals surface area (Å²) >= 11 is 0. The van der Waals surface area contributed by atoms with Gasteiger partial charge >= 0.3 is 6.36 Å². The van der Waals surface area contributed by atoms with Crippen LogP contribution in [0.5, 0.6) is 11.5 Å². The number of hydrogen-bond acceptors (Lipinski definition) is 4. The Balaban J connectivity index is -0.000000909. The molecule has 0 saturated heterocycles. The zero-order chi connectivity index (χ0) is 33.3. The first-order valence-corrected chi connectivity index (χ1v) is 15.5. The second kappa shape index (κ2) is 26.2. The summed E-state index contributed by atoms with van der Waals surface area (Å²) < 4.78 is 55.6. The van der Waals surface area contributed by atoms with E-state index in [1.54, 1.807) is 37.9 Å². The van der Waals surface area contributed by atoms with Gasteiger partial charge in [0.05, 0.1) is 6.04 Å². The molecule has 4 nitrogen and oxygen atoms in total. The highest BCUT2D eigenvalue weighted by Crippen LogP contribution is 2.38. The monoisotopic (exact) mass is 604 g/mol. The van der Waals surface area contributed by atoms with E-state index in [-0.39, 0.29) is 5.56 Å². The molecule has 3 N–H and O–H groups in total. The predicted octanol–water partition coefficient (Wildman–Crippen LogP) is 11.4. The van der Waals surface area contributed by atoms with E-state index in [1.165, 1.54) is 50.7 Å². The van der Waals surface area contributed by atoms with Gasteiger partial charge in [0.2, 0.25) is 0 Å². The SMILES string of the molecule is CC.CC.CC/C=C\C(F)=C(/C)C(c1ccc(OC(F)(F)F)cc1O)N(C)C/C=C(\C)N.CCCCCCC(C)CC. The Labute approximate surface area is 254 Å². The van der Waals surface area contributed by atoms with Crippen LogP contribution in [0.4, 0.5) is 17.6 Å². The fourth-order valence-corrected chi connectivity index (χ4v) is 3.75. The normalized spacial score (nSPS) is 13.6. The molecule has 1 rings (SSSR count). The number of phenolic OH excluding ortho intramolecular Hbond substituents is 1. The van der Waals surface area contributed by atoms with Gasteiger partial charge in [-0.05, 0) is 57.0 Å². The van der Waals surface area contributed by atoms with Crippen LogP contribution in [0.3, 0.4) is 0 Å². The summed E-state index contributed by atoms with van der Waals surface area (Å²) in [5.74, 6) is -0.515. The maximum atomic E-state index is 14.6. The van der Waals surface area contributed by atoms with E-state index >= 15 is 0 Å². The topological polar surface area (TPSA) is 58.7 Å². The quantitative estimate of drug-likeness (QED) is 0.126. The minimum absolute atomic E-state index is 0.248. The average Bonchev–Trinajstić information content (AvgIpc) is 2.95. The van der Waals surface area contributed by atoms with Gasteiger partial charge in [-0.15, -0.1) is 13.2 Å². The fraction of sp³-hybridized carbons (Fsp3) is 0.647. The van der Waals surface area contributed by atoms with Crippen LogP contribution in [0.1, 0.15) is 126 Å². The maximum absolute atomic E-state index is 14.6. The standard InChI is InChI=1S/C20H26F4N2O2.C10H22.2C2H6/c1-5-6-7-17(21)14(3)19(26(4)11-10-13(2)25)16-9-8-15(12-18(16)27)28-20(22,23)24;1-4-6-7-8-9-10(3)5-2;2*1-2/h6-10,12,19,27H,5,11,25H2,1-4H3;10H,4-9H2,1-3H3;2*1-2H3/b7-6-,13-10+,17-14-;;;. The lowest BCUT2D eigenvalue weighted by Gasteiger charge is -2.29. The molecule has 2 unspecified atom stereocenters. The third-order valence-electron chi connectivity index (χ3n) is 6.21. The molecular weight excluding hydrogens is 544 g/mol. The number of nitrogens with zero attached hydrogens (tertiary/aromatic N) is 1. The van der Waals surface area contributed by atoms with Crippen LogP contribution in [0.2, 0.25) is 0 Å². The van der Waals surface area contributed by atoms with E-state index in [0.29, 0.717) is 24.2 Å². The van der Waals surface area contributed by atoms with Crippen molar-refractivity contribution in [1.29, 1.82) is 0 Å². The Morgan fingerprint density at radius 1 is 1.05 bits per heavy atom. The Morgan fingerprint density at radius 2 is 1.64 bits per heavy atom. The summed E-state index contributed by atoms with van der Waals surface area (Å²) in [5, 5.41) is 10.3. The highest BCUT2D eigenvalue weighted by Gasteiger charge is 2.32. The lowest BCUT2D eigenvalue weighted by atomic mass is 9.96. The van der Waals surface area contributed by atoms with Gasteiger partial charge in [0.1, 0.15) is 17.3 Å². The van der Waals surface area contributed by atoms with Crippen molar-refractivity contribution in [2.75, 3.05) is 13.6 Å². The summed E-state index contributed by atoms with van der Waals surface area (Å²) in [6.45, 7) is 20.4. The number of rotatable bonds is 14. The van der Waals surface area contributed by atoms with Crippen LogP contribution in [0, 0.1) is 5.92 Å². The lowest BCUT2D eigenvalue weighted by molar-refractivity contribution is -0.274. The molecule has 0 aliphatic heterocycles. The number of nitrogens with two attached hydrogens (primary N) is 1. The van der Waals surface area contributed by atoms with Crippen molar-refractivity contribution in [2.45, 2.75) is 127 Å². The first-order chi connectivity index (χ1) is 19.8. The van der Waals surface area contributed by atoms with E-state index in [2.05, 4.69) is 25.5 Å². The van der Waals surface area contributed by atoms with Crippen LogP contribution >= 0.6 is 0 Å². The zero-order valence-electron chi connectivity index (χ0n) is 28.2. The Bertz CT molecular complexity index is 892. The van der Waals surface area contributed by atoms with Crippen molar-refractivity contribution in [3.63, 3.8) is 0 Å². The van der Waals surface area contributed by atoms with Gasteiger partial charge in [-0.25, -0.2) is 4.39 Å². The third kappa shape index (κ3) is 21.3. The smallest absolute Gasteiger partial charge is 0.507 e. The molecule has 8 heteroatoms. The Kier molecular flexibility index (Phi) is 27.4. The van der Waals surface area contributed by atoms with Crippen LogP contribution in [-0.2, 0) is 0 Å². The summed E-state index contributed by atoms with van der Waals surface area (Å²) in [6.07, 6.45) is 8.95. The molecule has 0 fully saturated rings. The Hall–Kier alpha value is -2.48. The number of unbranched alkanes of at least 4 members (excludes halogenated alkanes) is 3. The lowest BCUT2D eigenvalue weighted by Crippen LogP contribution is -2.27. The highest BCUT2D eigenvalue weighted by atomic mass is 19.4. The number of aromatic hydroxyl groups is 1. The summed E-state index contributed by atoms with van der Waals surface area (Å²) in [6, 6.07) is 2.51. The molecule has 0 radical (unpaired) electrons. The van der Waals surface area contributed by atoms with Crippen LogP contribution in [-0.4, -0.2) is 30.0 Å². The predicted molar refractivity (Wildman–Crippen MR) is 172 cm³/mol. The van der Waals surface area contributed by atoms with Crippen molar-refractivity contribution in [1.82, 2.24) is 4.90 Å². The molecule has 2 atom stereocenters. The minimum atomic E-state index is -4.87. The van der Waals surface area contributed by atoms with Crippen LogP contribution < -0.4 is 10.5 Å². The summed E-state index contributed by atoms with van der Waals surface area (Å²) in [5.41, 5.74) is 6.77. The van der Waals surface area contributed by atoms with Crippen molar-refractivity contribution >= 4 is 0 Å². The highest BCUT2D eigenvalue weighted by molar-refractivity contribution is 5.45. The van der Waals surface area contributed by atoms with Gasteiger partial charge in [0, 0.05) is 23.9 Å². The van der Waals surface area contributed by atoms with Gasteiger partial charge in [-0.2, -0.15) is 0 Å². The van der Waals surface area contributed by atoms with Gasteiger partial charge in [0.15, 0.2) is 0 Å². The molecule has 0 heterocycles. The van der Waals surface area contributed by atoms with E-state index in [4.69, 9.17) is 5.73 Å². The van der Waals surface area contributed by atoms with E-state index in [1.807, 2.05) is 34.6 Å². The molecule has 0 saturated carbocycles. The average molecular weight is 605 g/mol. The molecule has 1 aromatic carbocycles. The number of hydrogen-bond donors (Lipinski definition) is 2. The number of phenols is 1. The van der Waals surface area contributed by atoms with Crippen molar-refractivity contribution < 1.29 is 27.4 Å². The largest absolute Gasteiger partial charge is 0.573 e. The van der Waals surface area contributed by atoms with Gasteiger partial charge in [0.25, 0.3) is 0 Å². The second-order valence-electron chi connectivity index (χ2n) is 9.76. The van der Waals surface area contributed by atoms with Crippen LogP contribution in [0.25, 0.3) is 0 Å². The van der Waals surface area contributed by atoms with Gasteiger partial charge < -0.3 is 15.6 Å². The van der Waals surface area contributed by atoms with Crippen LogP contribution in [0.15, 0.2) is 53.5 Å². The number of allylic oxidation sites excluding steroid dienone is 4. The molecule has 0 aliphatic carbocycles. The first-order valence-electron chi connectivity index (χ1n) is 15.5. The maximum Gasteiger partial charge on any atom is 0.573 e. The number of benzene rings is 1. The summed E-state index contributed by atoms with van der Waals surface area (Å²) in [7, 11) is 1.70. The molecule has 0 spiro atoms. The van der Waals surface area contributed by atoms with E-state index in [0.717, 1.165) is 18.1 Å². The third-order valence-corrected chi connectivity index (χ3v) is 6.21. The first kappa shape index (κ1) is 44.0. The zero-order valence-corrected chi connectivity index (χ0v) is 28.2. The molecule has 0 bridgehead atoms. The molecule has 246 valence electrons. The fourth-order valence-electron chi connectivity index (χ4n) is 3.75. The molecule has 0 aromatic heterocycles. The van der Waals surface area contributed by atoms with Crippen molar-refractivity contribution in [2.24, 2.45) is 11.7 Å². The number of likely N-dealkylation sites (N-methyl/N-ethyl adjacent to an activating group) is 1. The minimum Gasteiger partial charge on any atom is -0.507 e. The molecule has 0 aliphatic rings. The molecular formula is C34H60F4N2O2. The van der Waals surface area contributed by atoms with Gasteiger partial charge in [-0.1, -0.05) is 106 Å². The molecule has 1 aromatic rings. The number of alkyl halides is 3. The molecule has 42 heavy (non-hydrogen) atoms.